The predicted molar refractivity (Wildman–Crippen MR) is 70.8 cm³/mol. The largest absolute Gasteiger partial charge is 0.481 e. The van der Waals surface area contributed by atoms with Gasteiger partial charge in [-0.05, 0) is 20.5 Å². The summed E-state index contributed by atoms with van der Waals surface area (Å²) < 4.78 is 0. The van der Waals surface area contributed by atoms with E-state index in [1.54, 1.807) is 0 Å². The zero-order valence-electron chi connectivity index (χ0n) is 11.7. The van der Waals surface area contributed by atoms with Crippen LogP contribution in [-0.4, -0.2) is 85.0 Å². The van der Waals surface area contributed by atoms with Crippen molar-refractivity contribution in [1.29, 1.82) is 0 Å². The van der Waals surface area contributed by atoms with E-state index in [1.807, 2.05) is 4.90 Å². The van der Waals surface area contributed by atoms with Crippen LogP contribution in [-0.2, 0) is 9.59 Å². The number of rotatable bonds is 5. The van der Waals surface area contributed by atoms with E-state index >= 15 is 0 Å². The molecule has 0 unspecified atom stereocenters. The van der Waals surface area contributed by atoms with Crippen LogP contribution in [0.4, 0.5) is 0 Å². The number of likely N-dealkylation sites (N-methyl/N-ethyl adjacent to an activating group) is 1. The summed E-state index contributed by atoms with van der Waals surface area (Å²) in [5.41, 5.74) is 0. The topological polar surface area (TPSA) is 64.1 Å². The Balaban J connectivity index is 1.71. The van der Waals surface area contributed by atoms with Crippen molar-refractivity contribution in [3.63, 3.8) is 0 Å². The Kier molecular flexibility index (Phi) is 4.42. The van der Waals surface area contributed by atoms with Crippen molar-refractivity contribution in [3.8, 4) is 0 Å². The first-order chi connectivity index (χ1) is 8.99. The molecule has 0 aromatic rings. The summed E-state index contributed by atoms with van der Waals surface area (Å²) in [7, 11) is 4.11. The van der Waals surface area contributed by atoms with E-state index in [0.29, 0.717) is 6.42 Å². The van der Waals surface area contributed by atoms with Crippen LogP contribution in [0.3, 0.4) is 0 Å². The maximum atomic E-state index is 12.1. The maximum Gasteiger partial charge on any atom is 0.307 e. The molecule has 0 bridgehead atoms. The van der Waals surface area contributed by atoms with E-state index < -0.39 is 11.9 Å². The van der Waals surface area contributed by atoms with Gasteiger partial charge in [0.1, 0.15) is 0 Å². The molecule has 2 aliphatic rings. The third-order valence-electron chi connectivity index (χ3n) is 3.97. The Morgan fingerprint density at radius 2 is 1.79 bits per heavy atom. The van der Waals surface area contributed by atoms with E-state index in [2.05, 4.69) is 23.9 Å². The Morgan fingerprint density at radius 1 is 1.16 bits per heavy atom. The van der Waals surface area contributed by atoms with Crippen LogP contribution in [0.5, 0.6) is 0 Å². The highest BCUT2D eigenvalue weighted by molar-refractivity contribution is 5.89. The SMILES string of the molecule is CN(C)CCN1CCN(C(=O)[C@@H]2C[C@@H]2C(=O)O)CC1. The van der Waals surface area contributed by atoms with Crippen LogP contribution >= 0.6 is 0 Å². The first-order valence-electron chi connectivity index (χ1n) is 6.87. The number of carbonyl (C=O) groups is 2. The highest BCUT2D eigenvalue weighted by Gasteiger charge is 2.49. The van der Waals surface area contributed by atoms with Gasteiger partial charge >= 0.3 is 5.97 Å². The Labute approximate surface area is 114 Å². The van der Waals surface area contributed by atoms with Crippen molar-refractivity contribution in [1.82, 2.24) is 14.7 Å². The fraction of sp³-hybridized carbons (Fsp3) is 0.846. The fourth-order valence-corrected chi connectivity index (χ4v) is 2.51. The normalized spacial score (nSPS) is 27.6. The van der Waals surface area contributed by atoms with E-state index in [0.717, 1.165) is 39.3 Å². The molecular weight excluding hydrogens is 246 g/mol. The molecule has 1 heterocycles. The van der Waals surface area contributed by atoms with Crippen molar-refractivity contribution < 1.29 is 14.7 Å². The molecule has 1 saturated heterocycles. The molecule has 19 heavy (non-hydrogen) atoms. The minimum Gasteiger partial charge on any atom is -0.481 e. The van der Waals surface area contributed by atoms with E-state index in [-0.39, 0.29) is 11.8 Å². The second-order valence-corrected chi connectivity index (χ2v) is 5.76. The van der Waals surface area contributed by atoms with Gasteiger partial charge in [-0.3, -0.25) is 14.5 Å². The lowest BCUT2D eigenvalue weighted by Gasteiger charge is -2.35. The standard InChI is InChI=1S/C13H23N3O3/c1-14(2)3-4-15-5-7-16(8-6-15)12(17)10-9-11(10)13(18)19/h10-11H,3-9H2,1-2H3,(H,18,19)/t10-,11+/m1/s1. The zero-order chi connectivity index (χ0) is 14.0. The third-order valence-corrected chi connectivity index (χ3v) is 3.97. The minimum atomic E-state index is -0.831. The molecule has 1 N–H and O–H groups in total. The first-order valence-corrected chi connectivity index (χ1v) is 6.87. The molecule has 6 heteroatoms. The van der Waals surface area contributed by atoms with Crippen LogP contribution in [0.15, 0.2) is 0 Å². The van der Waals surface area contributed by atoms with E-state index in [9.17, 15) is 9.59 Å². The van der Waals surface area contributed by atoms with Crippen molar-refractivity contribution in [2.24, 2.45) is 11.8 Å². The Bertz CT molecular complexity index is 351. The second-order valence-electron chi connectivity index (χ2n) is 5.76. The van der Waals surface area contributed by atoms with Gasteiger partial charge in [0.15, 0.2) is 0 Å². The number of carboxylic acid groups (broad SMARTS) is 1. The van der Waals surface area contributed by atoms with Gasteiger partial charge in [0.25, 0.3) is 0 Å². The molecule has 0 aromatic heterocycles. The van der Waals surface area contributed by atoms with Crippen molar-refractivity contribution in [2.75, 3.05) is 53.4 Å². The molecule has 1 aliphatic carbocycles. The number of hydrogen-bond acceptors (Lipinski definition) is 4. The predicted octanol–water partition coefficient (Wildman–Crippen LogP) is -0.587. The highest BCUT2D eigenvalue weighted by atomic mass is 16.4. The average Bonchev–Trinajstić information content (AvgIpc) is 3.16. The van der Waals surface area contributed by atoms with Gasteiger partial charge in [-0.25, -0.2) is 0 Å². The number of piperazine rings is 1. The smallest absolute Gasteiger partial charge is 0.307 e. The molecule has 6 nitrogen and oxygen atoms in total. The molecule has 1 saturated carbocycles. The second kappa shape index (κ2) is 5.88. The van der Waals surface area contributed by atoms with Crippen molar-refractivity contribution >= 4 is 11.9 Å². The molecular formula is C13H23N3O3. The van der Waals surface area contributed by atoms with E-state index in [4.69, 9.17) is 5.11 Å². The van der Waals surface area contributed by atoms with Crippen LogP contribution in [0.25, 0.3) is 0 Å². The van der Waals surface area contributed by atoms with Crippen molar-refractivity contribution in [3.05, 3.63) is 0 Å². The van der Waals surface area contributed by atoms with Gasteiger partial charge in [0.05, 0.1) is 11.8 Å². The lowest BCUT2D eigenvalue weighted by atomic mass is 10.2. The third kappa shape index (κ3) is 3.67. The quantitative estimate of drug-likeness (QED) is 0.723. The molecule has 2 fully saturated rings. The summed E-state index contributed by atoms with van der Waals surface area (Å²) >= 11 is 0. The molecule has 1 amide bonds. The number of carbonyl (C=O) groups excluding carboxylic acids is 1. The van der Waals surface area contributed by atoms with Gasteiger partial charge in [-0.15, -0.1) is 0 Å². The maximum absolute atomic E-state index is 12.1. The number of hydrogen-bond donors (Lipinski definition) is 1. The summed E-state index contributed by atoms with van der Waals surface area (Å²) in [4.78, 5) is 29.2. The molecule has 108 valence electrons. The first kappa shape index (κ1) is 14.3. The Hall–Kier alpha value is -1.14. The number of aliphatic carboxylic acids is 1. The summed E-state index contributed by atoms with van der Waals surface area (Å²) in [5.74, 6) is -1.48. The van der Waals surface area contributed by atoms with Crippen LogP contribution in [0, 0.1) is 11.8 Å². The number of amides is 1. The molecule has 2 rings (SSSR count). The monoisotopic (exact) mass is 269 g/mol. The fourth-order valence-electron chi connectivity index (χ4n) is 2.51. The van der Waals surface area contributed by atoms with Gasteiger partial charge in [0, 0.05) is 39.3 Å². The molecule has 2 atom stereocenters. The lowest BCUT2D eigenvalue weighted by molar-refractivity contribution is -0.142. The summed E-state index contributed by atoms with van der Waals surface area (Å²) in [6.45, 7) is 5.30. The summed E-state index contributed by atoms with van der Waals surface area (Å²) in [6.07, 6.45) is 0.523. The van der Waals surface area contributed by atoms with Crippen LogP contribution in [0.2, 0.25) is 0 Å². The van der Waals surface area contributed by atoms with Crippen molar-refractivity contribution in [2.45, 2.75) is 6.42 Å². The summed E-state index contributed by atoms with van der Waals surface area (Å²) in [5, 5.41) is 8.85. The number of carboxylic acids is 1. The van der Waals surface area contributed by atoms with Gasteiger partial charge in [0.2, 0.25) is 5.91 Å². The molecule has 0 radical (unpaired) electrons. The highest BCUT2D eigenvalue weighted by Crippen LogP contribution is 2.40. The Morgan fingerprint density at radius 3 is 2.26 bits per heavy atom. The van der Waals surface area contributed by atoms with Gasteiger partial charge in [-0.2, -0.15) is 0 Å². The van der Waals surface area contributed by atoms with Gasteiger partial charge < -0.3 is 14.9 Å². The minimum absolute atomic E-state index is 0.0414. The molecule has 0 aromatic carbocycles. The lowest BCUT2D eigenvalue weighted by Crippen LogP contribution is -2.50. The van der Waals surface area contributed by atoms with Crippen LogP contribution < -0.4 is 0 Å². The summed E-state index contributed by atoms with van der Waals surface area (Å²) in [6, 6.07) is 0. The van der Waals surface area contributed by atoms with Crippen LogP contribution in [0.1, 0.15) is 6.42 Å². The van der Waals surface area contributed by atoms with Gasteiger partial charge in [-0.1, -0.05) is 0 Å². The zero-order valence-corrected chi connectivity index (χ0v) is 11.7. The molecule has 0 spiro atoms. The van der Waals surface area contributed by atoms with E-state index in [1.165, 1.54) is 0 Å². The average molecular weight is 269 g/mol. The molecule has 1 aliphatic heterocycles. The number of nitrogens with zero attached hydrogens (tertiary/aromatic N) is 3.